The first-order valence-corrected chi connectivity index (χ1v) is 8.84. The standard InChI is InChI=1S/C12H15Br2NO4S/c1-6-4-10(14)11(5-9(6)13)20(18,19)15-8(3)7(2)12(16)17/h4-5,7-8,15H,1-3H3,(H,16,17). The smallest absolute Gasteiger partial charge is 0.307 e. The second-order valence-corrected chi connectivity index (χ2v) is 7.96. The number of aliphatic carboxylic acids is 1. The van der Waals surface area contributed by atoms with Crippen molar-refractivity contribution in [3.05, 3.63) is 26.6 Å². The fourth-order valence-corrected chi connectivity index (χ4v) is 4.46. The number of benzene rings is 1. The lowest BCUT2D eigenvalue weighted by atomic mass is 10.1. The van der Waals surface area contributed by atoms with Crippen molar-refractivity contribution < 1.29 is 18.3 Å². The van der Waals surface area contributed by atoms with E-state index in [-0.39, 0.29) is 4.90 Å². The molecule has 2 N–H and O–H groups in total. The van der Waals surface area contributed by atoms with E-state index in [9.17, 15) is 13.2 Å². The van der Waals surface area contributed by atoms with Crippen molar-refractivity contribution >= 4 is 47.9 Å². The molecule has 1 rings (SSSR count). The fourth-order valence-electron chi connectivity index (χ4n) is 1.46. The van der Waals surface area contributed by atoms with Gasteiger partial charge in [-0.25, -0.2) is 13.1 Å². The van der Waals surface area contributed by atoms with Crippen LogP contribution in [0.15, 0.2) is 26.0 Å². The van der Waals surface area contributed by atoms with Gasteiger partial charge in [-0.3, -0.25) is 4.79 Å². The maximum absolute atomic E-state index is 12.3. The van der Waals surface area contributed by atoms with Gasteiger partial charge in [-0.1, -0.05) is 22.9 Å². The van der Waals surface area contributed by atoms with E-state index in [1.54, 1.807) is 6.07 Å². The number of hydrogen-bond donors (Lipinski definition) is 2. The molecule has 2 atom stereocenters. The van der Waals surface area contributed by atoms with Gasteiger partial charge in [-0.05, 0) is 47.5 Å². The maximum Gasteiger partial charge on any atom is 0.307 e. The number of carboxylic acid groups (broad SMARTS) is 1. The van der Waals surface area contributed by atoms with Crippen LogP contribution in [0.25, 0.3) is 0 Å². The molecule has 0 heterocycles. The molecule has 0 aliphatic heterocycles. The zero-order valence-electron chi connectivity index (χ0n) is 11.1. The Morgan fingerprint density at radius 1 is 1.25 bits per heavy atom. The van der Waals surface area contributed by atoms with Gasteiger partial charge in [0.2, 0.25) is 10.0 Å². The lowest BCUT2D eigenvalue weighted by Gasteiger charge is -2.18. The van der Waals surface area contributed by atoms with Crippen LogP contribution in [0.3, 0.4) is 0 Å². The molecule has 5 nitrogen and oxygen atoms in total. The molecule has 0 saturated carbocycles. The maximum atomic E-state index is 12.3. The molecule has 0 fully saturated rings. The van der Waals surface area contributed by atoms with E-state index in [0.29, 0.717) is 8.95 Å². The van der Waals surface area contributed by atoms with Crippen LogP contribution in [0.5, 0.6) is 0 Å². The predicted octanol–water partition coefficient (Wildman–Crippen LogP) is 2.91. The molecule has 8 heteroatoms. The van der Waals surface area contributed by atoms with E-state index in [0.717, 1.165) is 5.56 Å². The topological polar surface area (TPSA) is 83.5 Å². The van der Waals surface area contributed by atoms with Crippen molar-refractivity contribution in [1.82, 2.24) is 4.72 Å². The van der Waals surface area contributed by atoms with Gasteiger partial charge >= 0.3 is 5.97 Å². The molecule has 0 radical (unpaired) electrons. The molecular weight excluding hydrogens is 414 g/mol. The minimum atomic E-state index is -3.80. The average Bonchev–Trinajstić information content (AvgIpc) is 2.31. The van der Waals surface area contributed by atoms with Gasteiger partial charge in [0, 0.05) is 15.0 Å². The van der Waals surface area contributed by atoms with Crippen LogP contribution in [0.1, 0.15) is 19.4 Å². The summed E-state index contributed by atoms with van der Waals surface area (Å²) < 4.78 is 28.1. The molecule has 0 aromatic heterocycles. The number of hydrogen-bond acceptors (Lipinski definition) is 3. The lowest BCUT2D eigenvalue weighted by molar-refractivity contribution is -0.141. The number of rotatable bonds is 5. The molecule has 0 spiro atoms. The van der Waals surface area contributed by atoms with Crippen molar-refractivity contribution in [1.29, 1.82) is 0 Å². The summed E-state index contributed by atoms with van der Waals surface area (Å²) in [5.74, 6) is -1.87. The van der Waals surface area contributed by atoms with Crippen LogP contribution in [-0.2, 0) is 14.8 Å². The van der Waals surface area contributed by atoms with E-state index in [1.165, 1.54) is 19.9 Å². The summed E-state index contributed by atoms with van der Waals surface area (Å²) in [7, 11) is -3.80. The number of carbonyl (C=O) groups is 1. The molecule has 2 unspecified atom stereocenters. The van der Waals surface area contributed by atoms with Gasteiger partial charge in [0.1, 0.15) is 0 Å². The molecule has 112 valence electrons. The Hall–Kier alpha value is -0.440. The second-order valence-electron chi connectivity index (χ2n) is 4.57. The minimum absolute atomic E-state index is 0.0689. The Labute approximate surface area is 135 Å². The first-order valence-electron chi connectivity index (χ1n) is 5.77. The number of sulfonamides is 1. The Bertz CT molecular complexity index is 631. The van der Waals surface area contributed by atoms with Crippen LogP contribution in [0.4, 0.5) is 0 Å². The quantitative estimate of drug-likeness (QED) is 0.755. The van der Waals surface area contributed by atoms with Crippen molar-refractivity contribution in [2.75, 3.05) is 0 Å². The summed E-state index contributed by atoms with van der Waals surface area (Å²) in [4.78, 5) is 10.9. The SMILES string of the molecule is Cc1cc(Br)c(S(=O)(=O)NC(C)C(C)C(=O)O)cc1Br. The number of nitrogens with one attached hydrogen (secondary N) is 1. The molecular formula is C12H15Br2NO4S. The van der Waals surface area contributed by atoms with Crippen molar-refractivity contribution in [2.24, 2.45) is 5.92 Å². The first kappa shape index (κ1) is 17.6. The van der Waals surface area contributed by atoms with Crippen molar-refractivity contribution in [2.45, 2.75) is 31.7 Å². The minimum Gasteiger partial charge on any atom is -0.481 e. The number of aryl methyl sites for hydroxylation is 1. The molecule has 20 heavy (non-hydrogen) atoms. The Morgan fingerprint density at radius 3 is 2.30 bits per heavy atom. The third-order valence-corrected chi connectivity index (χ3v) is 6.35. The van der Waals surface area contributed by atoms with E-state index >= 15 is 0 Å². The Balaban J connectivity index is 3.12. The summed E-state index contributed by atoms with van der Waals surface area (Å²) >= 11 is 6.50. The van der Waals surface area contributed by atoms with Crippen LogP contribution in [0.2, 0.25) is 0 Å². The molecule has 0 aliphatic carbocycles. The Morgan fingerprint density at radius 2 is 1.80 bits per heavy atom. The Kier molecular flexibility index (Phi) is 5.77. The van der Waals surface area contributed by atoms with Crippen LogP contribution in [0, 0.1) is 12.8 Å². The highest BCUT2D eigenvalue weighted by Gasteiger charge is 2.26. The third-order valence-electron chi connectivity index (χ3n) is 2.98. The summed E-state index contributed by atoms with van der Waals surface area (Å²) in [5, 5.41) is 8.90. The number of halogens is 2. The second kappa shape index (κ2) is 6.55. The van der Waals surface area contributed by atoms with Gasteiger partial charge in [0.25, 0.3) is 0 Å². The molecule has 0 amide bonds. The highest BCUT2D eigenvalue weighted by Crippen LogP contribution is 2.29. The number of carboxylic acids is 1. The van der Waals surface area contributed by atoms with E-state index in [2.05, 4.69) is 36.6 Å². The molecule has 0 bridgehead atoms. The largest absolute Gasteiger partial charge is 0.481 e. The van der Waals surface area contributed by atoms with Crippen LogP contribution in [-0.4, -0.2) is 25.5 Å². The predicted molar refractivity (Wildman–Crippen MR) is 83.2 cm³/mol. The first-order chi connectivity index (χ1) is 9.06. The average molecular weight is 429 g/mol. The van der Waals surface area contributed by atoms with E-state index in [4.69, 9.17) is 5.11 Å². The van der Waals surface area contributed by atoms with Crippen LogP contribution >= 0.6 is 31.9 Å². The summed E-state index contributed by atoms with van der Waals surface area (Å²) in [6, 6.07) is 2.45. The molecule has 1 aromatic carbocycles. The monoisotopic (exact) mass is 427 g/mol. The van der Waals surface area contributed by atoms with Crippen molar-refractivity contribution in [3.63, 3.8) is 0 Å². The fraction of sp³-hybridized carbons (Fsp3) is 0.417. The highest BCUT2D eigenvalue weighted by atomic mass is 79.9. The summed E-state index contributed by atoms with van der Waals surface area (Å²) in [5.41, 5.74) is 0.891. The normalized spacial score (nSPS) is 14.8. The third kappa shape index (κ3) is 4.03. The molecule has 0 saturated heterocycles. The van der Waals surface area contributed by atoms with Gasteiger partial charge in [0.05, 0.1) is 10.8 Å². The van der Waals surface area contributed by atoms with Gasteiger partial charge < -0.3 is 5.11 Å². The molecule has 0 aliphatic rings. The summed E-state index contributed by atoms with van der Waals surface area (Å²) in [6.07, 6.45) is 0. The summed E-state index contributed by atoms with van der Waals surface area (Å²) in [6.45, 7) is 4.82. The highest BCUT2D eigenvalue weighted by molar-refractivity contribution is 9.11. The molecule has 1 aromatic rings. The van der Waals surface area contributed by atoms with Gasteiger partial charge in [0.15, 0.2) is 0 Å². The zero-order chi connectivity index (χ0) is 15.7. The van der Waals surface area contributed by atoms with Crippen LogP contribution < -0.4 is 4.72 Å². The van der Waals surface area contributed by atoms with Gasteiger partial charge in [-0.2, -0.15) is 0 Å². The van der Waals surface area contributed by atoms with Gasteiger partial charge in [-0.15, -0.1) is 0 Å². The van der Waals surface area contributed by atoms with E-state index in [1.807, 2.05) is 6.92 Å². The van der Waals surface area contributed by atoms with E-state index < -0.39 is 28.0 Å². The van der Waals surface area contributed by atoms with Crippen molar-refractivity contribution in [3.8, 4) is 0 Å². The zero-order valence-corrected chi connectivity index (χ0v) is 15.1. The lowest BCUT2D eigenvalue weighted by Crippen LogP contribution is -2.40.